The van der Waals surface area contributed by atoms with Crippen LogP contribution in [0, 0.1) is 0 Å². The van der Waals surface area contributed by atoms with Gasteiger partial charge in [-0.3, -0.25) is 0 Å². The van der Waals surface area contributed by atoms with E-state index in [1.807, 2.05) is 36.6 Å². The van der Waals surface area contributed by atoms with E-state index < -0.39 is 0 Å². The number of carbonyl (C=O) groups is 1. The third-order valence-corrected chi connectivity index (χ3v) is 5.01. The summed E-state index contributed by atoms with van der Waals surface area (Å²) in [6.45, 7) is 2.37. The summed E-state index contributed by atoms with van der Waals surface area (Å²) >= 11 is 13.7. The maximum absolute atomic E-state index is 12.2. The molecular formula is C15H16Cl2N2OS. The van der Waals surface area contributed by atoms with Gasteiger partial charge in [-0.25, -0.2) is 4.79 Å². The quantitative estimate of drug-likeness (QED) is 0.836. The molecule has 0 saturated heterocycles. The van der Waals surface area contributed by atoms with Crippen molar-refractivity contribution in [3.8, 4) is 0 Å². The van der Waals surface area contributed by atoms with Crippen LogP contribution in [0.5, 0.6) is 0 Å². The fourth-order valence-corrected chi connectivity index (χ4v) is 3.02. The molecule has 1 heterocycles. The zero-order chi connectivity index (χ0) is 15.4. The highest BCUT2D eigenvalue weighted by atomic mass is 35.5. The average molecular weight is 343 g/mol. The first-order chi connectivity index (χ1) is 9.99. The van der Waals surface area contributed by atoms with Gasteiger partial charge in [-0.05, 0) is 30.0 Å². The van der Waals surface area contributed by atoms with E-state index in [2.05, 4.69) is 5.32 Å². The highest BCUT2D eigenvalue weighted by molar-refractivity contribution is 7.10. The summed E-state index contributed by atoms with van der Waals surface area (Å²) in [5.74, 6) is 0. The van der Waals surface area contributed by atoms with Crippen molar-refractivity contribution in [3.63, 3.8) is 0 Å². The Morgan fingerprint density at radius 3 is 2.76 bits per heavy atom. The van der Waals surface area contributed by atoms with Crippen LogP contribution in [-0.2, 0) is 6.54 Å². The summed E-state index contributed by atoms with van der Waals surface area (Å²) in [4.78, 5) is 14.9. The number of urea groups is 1. The molecule has 1 atom stereocenters. The van der Waals surface area contributed by atoms with Gasteiger partial charge in [0.05, 0.1) is 16.1 Å². The van der Waals surface area contributed by atoms with Crippen molar-refractivity contribution in [3.05, 3.63) is 56.2 Å². The summed E-state index contributed by atoms with van der Waals surface area (Å²) in [7, 11) is 1.73. The molecule has 1 aromatic heterocycles. The monoisotopic (exact) mass is 342 g/mol. The molecule has 112 valence electrons. The molecule has 0 unspecified atom stereocenters. The van der Waals surface area contributed by atoms with E-state index in [-0.39, 0.29) is 12.1 Å². The lowest BCUT2D eigenvalue weighted by molar-refractivity contribution is 0.203. The summed E-state index contributed by atoms with van der Waals surface area (Å²) in [6.07, 6.45) is 0. The number of thiophene rings is 1. The van der Waals surface area contributed by atoms with Crippen molar-refractivity contribution < 1.29 is 4.79 Å². The number of rotatable bonds is 4. The van der Waals surface area contributed by atoms with Gasteiger partial charge < -0.3 is 10.2 Å². The Bertz CT molecular complexity index is 616. The lowest BCUT2D eigenvalue weighted by Gasteiger charge is -2.21. The zero-order valence-electron chi connectivity index (χ0n) is 11.8. The molecular weight excluding hydrogens is 327 g/mol. The summed E-state index contributed by atoms with van der Waals surface area (Å²) in [5.41, 5.74) is 0.825. The van der Waals surface area contributed by atoms with Crippen LogP contribution in [0.15, 0.2) is 35.7 Å². The molecule has 21 heavy (non-hydrogen) atoms. The highest BCUT2D eigenvalue weighted by Gasteiger charge is 2.15. The number of benzene rings is 1. The number of halogens is 2. The Kier molecular flexibility index (Phi) is 5.51. The number of nitrogens with one attached hydrogen (secondary N) is 1. The van der Waals surface area contributed by atoms with Crippen molar-refractivity contribution in [2.75, 3.05) is 7.05 Å². The summed E-state index contributed by atoms with van der Waals surface area (Å²) < 4.78 is 0. The normalized spacial score (nSPS) is 12.0. The lowest BCUT2D eigenvalue weighted by atomic mass is 10.2. The average Bonchev–Trinajstić information content (AvgIpc) is 2.98. The smallest absolute Gasteiger partial charge is 0.317 e. The van der Waals surface area contributed by atoms with Gasteiger partial charge in [-0.1, -0.05) is 41.4 Å². The second kappa shape index (κ2) is 7.16. The molecule has 6 heteroatoms. The number of hydrogen-bond donors (Lipinski definition) is 1. The third-order valence-electron chi connectivity index (χ3n) is 3.10. The SMILES string of the molecule is C[C@H](NC(=O)N(C)Cc1cccc(Cl)c1Cl)c1cccs1. The van der Waals surface area contributed by atoms with Crippen LogP contribution in [0.4, 0.5) is 4.79 Å². The molecule has 3 nitrogen and oxygen atoms in total. The topological polar surface area (TPSA) is 32.3 Å². The minimum absolute atomic E-state index is 0.0187. The molecule has 0 spiro atoms. The van der Waals surface area contributed by atoms with Crippen molar-refractivity contribution in [2.45, 2.75) is 19.5 Å². The number of hydrogen-bond acceptors (Lipinski definition) is 2. The van der Waals surface area contributed by atoms with Gasteiger partial charge >= 0.3 is 6.03 Å². The van der Waals surface area contributed by atoms with Crippen molar-refractivity contribution in [1.29, 1.82) is 0 Å². The van der Waals surface area contributed by atoms with Crippen LogP contribution in [0.25, 0.3) is 0 Å². The molecule has 0 fully saturated rings. The lowest BCUT2D eigenvalue weighted by Crippen LogP contribution is -2.38. The molecule has 0 aliphatic carbocycles. The standard InChI is InChI=1S/C15H16Cl2N2OS/c1-10(13-7-4-8-21-13)18-15(20)19(2)9-11-5-3-6-12(16)14(11)17/h3-8,10H,9H2,1-2H3,(H,18,20)/t10-/m0/s1. The minimum Gasteiger partial charge on any atom is -0.331 e. The van der Waals surface area contributed by atoms with Gasteiger partial charge in [0, 0.05) is 18.5 Å². The molecule has 2 aromatic rings. The first-order valence-electron chi connectivity index (χ1n) is 6.47. The van der Waals surface area contributed by atoms with Gasteiger partial charge in [0.2, 0.25) is 0 Å². The molecule has 0 aliphatic rings. The first kappa shape index (κ1) is 16.1. The van der Waals surface area contributed by atoms with E-state index in [1.165, 1.54) is 0 Å². The van der Waals surface area contributed by atoms with E-state index >= 15 is 0 Å². The van der Waals surface area contributed by atoms with Gasteiger partial charge in [0.1, 0.15) is 0 Å². The highest BCUT2D eigenvalue weighted by Crippen LogP contribution is 2.26. The minimum atomic E-state index is -0.146. The third kappa shape index (κ3) is 4.13. The van der Waals surface area contributed by atoms with Crippen LogP contribution < -0.4 is 5.32 Å². The Balaban J connectivity index is 1.98. The molecule has 1 N–H and O–H groups in total. The fraction of sp³-hybridized carbons (Fsp3) is 0.267. The first-order valence-corrected chi connectivity index (χ1v) is 8.10. The fourth-order valence-electron chi connectivity index (χ4n) is 1.90. The van der Waals surface area contributed by atoms with E-state index in [1.54, 1.807) is 29.4 Å². The Hall–Kier alpha value is -1.23. The zero-order valence-corrected chi connectivity index (χ0v) is 14.1. The van der Waals surface area contributed by atoms with Gasteiger partial charge in [0.15, 0.2) is 0 Å². The van der Waals surface area contributed by atoms with Gasteiger partial charge in [-0.2, -0.15) is 0 Å². The van der Waals surface area contributed by atoms with E-state index in [0.29, 0.717) is 16.6 Å². The summed E-state index contributed by atoms with van der Waals surface area (Å²) in [6, 6.07) is 9.22. The summed E-state index contributed by atoms with van der Waals surface area (Å²) in [5, 5.41) is 5.94. The molecule has 1 aromatic carbocycles. The van der Waals surface area contributed by atoms with Gasteiger partial charge in [0.25, 0.3) is 0 Å². The predicted molar refractivity (Wildman–Crippen MR) is 89.2 cm³/mol. The number of amides is 2. The maximum Gasteiger partial charge on any atom is 0.317 e. The van der Waals surface area contributed by atoms with Crippen LogP contribution in [0.3, 0.4) is 0 Å². The Morgan fingerprint density at radius 1 is 1.33 bits per heavy atom. The molecule has 0 radical (unpaired) electrons. The van der Waals surface area contributed by atoms with E-state index in [4.69, 9.17) is 23.2 Å². The molecule has 2 amide bonds. The van der Waals surface area contributed by atoms with Crippen LogP contribution >= 0.6 is 34.5 Å². The van der Waals surface area contributed by atoms with Crippen LogP contribution in [0.2, 0.25) is 10.0 Å². The van der Waals surface area contributed by atoms with E-state index in [0.717, 1.165) is 10.4 Å². The molecule has 0 aliphatic heterocycles. The number of nitrogens with zero attached hydrogens (tertiary/aromatic N) is 1. The molecule has 2 rings (SSSR count). The van der Waals surface area contributed by atoms with Crippen LogP contribution in [-0.4, -0.2) is 18.0 Å². The van der Waals surface area contributed by atoms with Crippen molar-refractivity contribution in [2.24, 2.45) is 0 Å². The second-order valence-electron chi connectivity index (χ2n) is 4.76. The number of carbonyl (C=O) groups excluding carboxylic acids is 1. The van der Waals surface area contributed by atoms with E-state index in [9.17, 15) is 4.79 Å². The Labute approximate surface area is 138 Å². The molecule has 0 saturated carbocycles. The van der Waals surface area contributed by atoms with Crippen LogP contribution in [0.1, 0.15) is 23.4 Å². The molecule has 0 bridgehead atoms. The predicted octanol–water partition coefficient (Wildman–Crippen LogP) is 4.96. The second-order valence-corrected chi connectivity index (χ2v) is 6.52. The van der Waals surface area contributed by atoms with Crippen molar-refractivity contribution in [1.82, 2.24) is 10.2 Å². The van der Waals surface area contributed by atoms with Crippen molar-refractivity contribution >= 4 is 40.6 Å². The largest absolute Gasteiger partial charge is 0.331 e. The maximum atomic E-state index is 12.2. The van der Waals surface area contributed by atoms with Gasteiger partial charge in [-0.15, -0.1) is 11.3 Å². The Morgan fingerprint density at radius 2 is 2.10 bits per heavy atom.